The van der Waals surface area contributed by atoms with Gasteiger partial charge in [0.15, 0.2) is 6.10 Å². The van der Waals surface area contributed by atoms with E-state index >= 15 is 0 Å². The van der Waals surface area contributed by atoms with Gasteiger partial charge in [0, 0.05) is 0 Å². The number of carbonyl (C=O) groups excluding carboxylic acids is 1. The second-order valence-corrected chi connectivity index (χ2v) is 3.29. The van der Waals surface area contributed by atoms with Gasteiger partial charge in [-0.2, -0.15) is 0 Å². The Kier molecular flexibility index (Phi) is 2.49. The van der Waals surface area contributed by atoms with Crippen molar-refractivity contribution in [3.63, 3.8) is 0 Å². The normalized spacial score (nSPS) is 28.7. The van der Waals surface area contributed by atoms with Crippen LogP contribution in [-0.4, -0.2) is 24.8 Å². The van der Waals surface area contributed by atoms with Gasteiger partial charge in [-0.05, 0) is 12.8 Å². The molecule has 1 saturated heterocycles. The first kappa shape index (κ1) is 8.53. The number of esters is 1. The van der Waals surface area contributed by atoms with Crippen LogP contribution in [0.5, 0.6) is 0 Å². The summed E-state index contributed by atoms with van der Waals surface area (Å²) in [6, 6.07) is 0. The minimum Gasteiger partial charge on any atom is -0.463 e. The van der Waals surface area contributed by atoms with Crippen LogP contribution in [0.1, 0.15) is 20.8 Å². The van der Waals surface area contributed by atoms with E-state index in [1.54, 1.807) is 0 Å². The van der Waals surface area contributed by atoms with Crippen molar-refractivity contribution in [1.82, 2.24) is 0 Å². The Morgan fingerprint density at radius 3 is 2.55 bits per heavy atom. The first-order valence-electron chi connectivity index (χ1n) is 3.93. The van der Waals surface area contributed by atoms with Crippen molar-refractivity contribution >= 4 is 5.97 Å². The van der Waals surface area contributed by atoms with E-state index in [1.807, 2.05) is 20.8 Å². The molecule has 1 heterocycles. The molecule has 0 aromatic heterocycles. The monoisotopic (exact) mass is 158 g/mol. The third kappa shape index (κ3) is 2.50. The Bertz CT molecular complexity index is 153. The molecular formula is C8H14O3. The van der Waals surface area contributed by atoms with Gasteiger partial charge in [-0.3, -0.25) is 0 Å². The average Bonchev–Trinajstić information content (AvgIpc) is 2.61. The van der Waals surface area contributed by atoms with Crippen molar-refractivity contribution in [2.75, 3.05) is 6.61 Å². The first-order chi connectivity index (χ1) is 5.11. The number of carbonyl (C=O) groups is 1. The topological polar surface area (TPSA) is 38.8 Å². The fourth-order valence-electron chi connectivity index (χ4n) is 0.764. The summed E-state index contributed by atoms with van der Waals surface area (Å²) in [6.07, 6.45) is -0.219. The van der Waals surface area contributed by atoms with Crippen molar-refractivity contribution in [3.05, 3.63) is 0 Å². The van der Waals surface area contributed by atoms with Crippen LogP contribution in [0.15, 0.2) is 0 Å². The largest absolute Gasteiger partial charge is 0.463 e. The fraction of sp³-hybridized carbons (Fsp3) is 0.875. The molecule has 0 bridgehead atoms. The zero-order valence-electron chi connectivity index (χ0n) is 7.16. The highest BCUT2D eigenvalue weighted by Crippen LogP contribution is 2.22. The first-order valence-corrected chi connectivity index (χ1v) is 3.93. The van der Waals surface area contributed by atoms with E-state index in [0.717, 1.165) is 0 Å². The lowest BCUT2D eigenvalue weighted by molar-refractivity contribution is -0.146. The third-order valence-electron chi connectivity index (χ3n) is 1.50. The molecule has 0 N–H and O–H groups in total. The molecule has 0 saturated carbocycles. The molecule has 0 aliphatic carbocycles. The van der Waals surface area contributed by atoms with Crippen molar-refractivity contribution < 1.29 is 14.3 Å². The van der Waals surface area contributed by atoms with Crippen LogP contribution in [0.2, 0.25) is 0 Å². The summed E-state index contributed by atoms with van der Waals surface area (Å²) in [7, 11) is 0. The predicted octanol–water partition coefficient (Wildman–Crippen LogP) is 0.973. The maximum Gasteiger partial charge on any atom is 0.338 e. The van der Waals surface area contributed by atoms with Crippen molar-refractivity contribution in [2.24, 2.45) is 5.92 Å². The van der Waals surface area contributed by atoms with Crippen molar-refractivity contribution in [3.8, 4) is 0 Å². The highest BCUT2D eigenvalue weighted by atomic mass is 16.6. The summed E-state index contributed by atoms with van der Waals surface area (Å²) >= 11 is 0. The van der Waals surface area contributed by atoms with Gasteiger partial charge in [0.1, 0.15) is 0 Å². The van der Waals surface area contributed by atoms with Crippen LogP contribution in [-0.2, 0) is 14.3 Å². The Hall–Kier alpha value is -0.570. The van der Waals surface area contributed by atoms with Crippen LogP contribution < -0.4 is 0 Å². The Balaban J connectivity index is 2.12. The smallest absolute Gasteiger partial charge is 0.338 e. The van der Waals surface area contributed by atoms with Gasteiger partial charge in [0.2, 0.25) is 0 Å². The molecular weight excluding hydrogens is 144 g/mol. The van der Waals surface area contributed by atoms with E-state index in [2.05, 4.69) is 0 Å². The second kappa shape index (κ2) is 3.22. The fourth-order valence-corrected chi connectivity index (χ4v) is 0.764. The van der Waals surface area contributed by atoms with E-state index in [4.69, 9.17) is 9.47 Å². The number of hydrogen-bond acceptors (Lipinski definition) is 3. The molecule has 0 aromatic rings. The molecule has 0 aromatic carbocycles. The molecule has 0 amide bonds. The second-order valence-electron chi connectivity index (χ2n) is 3.29. The lowest BCUT2D eigenvalue weighted by Crippen LogP contribution is -2.16. The lowest BCUT2D eigenvalue weighted by atomic mass is 10.2. The highest BCUT2D eigenvalue weighted by molar-refractivity contribution is 5.77. The summed E-state index contributed by atoms with van der Waals surface area (Å²) in [4.78, 5) is 11.0. The van der Waals surface area contributed by atoms with Gasteiger partial charge in [0.25, 0.3) is 0 Å². The van der Waals surface area contributed by atoms with Gasteiger partial charge in [-0.1, -0.05) is 13.8 Å². The summed E-state index contributed by atoms with van der Waals surface area (Å²) in [5, 5.41) is 0. The summed E-state index contributed by atoms with van der Waals surface area (Å²) < 4.78 is 9.87. The van der Waals surface area contributed by atoms with Gasteiger partial charge in [0.05, 0.1) is 12.7 Å². The number of epoxide rings is 1. The average molecular weight is 158 g/mol. The van der Waals surface area contributed by atoms with E-state index < -0.39 is 0 Å². The quantitative estimate of drug-likeness (QED) is 0.454. The number of rotatable bonds is 3. The third-order valence-corrected chi connectivity index (χ3v) is 1.50. The lowest BCUT2D eigenvalue weighted by Gasteiger charge is -2.04. The highest BCUT2D eigenvalue weighted by Gasteiger charge is 2.42. The molecule has 0 radical (unpaired) electrons. The predicted molar refractivity (Wildman–Crippen MR) is 40.1 cm³/mol. The molecule has 2 unspecified atom stereocenters. The van der Waals surface area contributed by atoms with E-state index in [1.165, 1.54) is 0 Å². The molecule has 64 valence electrons. The minimum atomic E-state index is -0.284. The van der Waals surface area contributed by atoms with Crippen LogP contribution in [0.4, 0.5) is 0 Å². The minimum absolute atomic E-state index is 0.0645. The van der Waals surface area contributed by atoms with Crippen LogP contribution in [0.3, 0.4) is 0 Å². The van der Waals surface area contributed by atoms with Crippen LogP contribution in [0, 0.1) is 5.92 Å². The Morgan fingerprint density at radius 1 is 1.64 bits per heavy atom. The van der Waals surface area contributed by atoms with Crippen LogP contribution >= 0.6 is 0 Å². The van der Waals surface area contributed by atoms with E-state index in [9.17, 15) is 4.79 Å². The molecule has 1 fully saturated rings. The molecule has 1 rings (SSSR count). The Morgan fingerprint density at radius 2 is 2.18 bits per heavy atom. The maximum absolute atomic E-state index is 11.0. The van der Waals surface area contributed by atoms with Gasteiger partial charge in [-0.15, -0.1) is 0 Å². The summed E-state index contributed by atoms with van der Waals surface area (Å²) in [5.41, 5.74) is 0. The Labute approximate surface area is 66.7 Å². The maximum atomic E-state index is 11.0. The van der Waals surface area contributed by atoms with Crippen molar-refractivity contribution in [1.29, 1.82) is 0 Å². The van der Waals surface area contributed by atoms with E-state index in [0.29, 0.717) is 12.5 Å². The molecule has 1 aliphatic rings. The molecule has 0 spiro atoms. The molecule has 3 nitrogen and oxygen atoms in total. The van der Waals surface area contributed by atoms with Gasteiger partial charge >= 0.3 is 5.97 Å². The molecule has 11 heavy (non-hydrogen) atoms. The van der Waals surface area contributed by atoms with Gasteiger partial charge in [-0.25, -0.2) is 4.79 Å². The van der Waals surface area contributed by atoms with E-state index in [-0.39, 0.29) is 18.2 Å². The standard InChI is InChI=1S/C8H14O3/c1-5(2)4-10-8(9)7-6(3)11-7/h5-7H,4H2,1-3H3. The van der Waals surface area contributed by atoms with Gasteiger partial charge < -0.3 is 9.47 Å². The number of ether oxygens (including phenoxy) is 2. The molecule has 2 atom stereocenters. The van der Waals surface area contributed by atoms with Crippen molar-refractivity contribution in [2.45, 2.75) is 33.0 Å². The summed E-state index contributed by atoms with van der Waals surface area (Å²) in [6.45, 7) is 6.36. The van der Waals surface area contributed by atoms with Crippen LogP contribution in [0.25, 0.3) is 0 Å². The number of hydrogen-bond donors (Lipinski definition) is 0. The molecule has 3 heteroatoms. The SMILES string of the molecule is CC(C)COC(=O)C1OC1C. The zero-order chi connectivity index (χ0) is 8.43. The summed E-state index contributed by atoms with van der Waals surface area (Å²) in [5.74, 6) is 0.180. The molecule has 1 aliphatic heterocycles. The zero-order valence-corrected chi connectivity index (χ0v) is 7.16.